The Morgan fingerprint density at radius 1 is 1.15 bits per heavy atom. The first-order valence-electron chi connectivity index (χ1n) is 8.12. The molecule has 1 fully saturated rings. The Bertz CT molecular complexity index is 463. The van der Waals surface area contributed by atoms with E-state index in [1.165, 1.54) is 48.8 Å². The van der Waals surface area contributed by atoms with Gasteiger partial charge in [-0.1, -0.05) is 64.6 Å². The molecule has 0 heterocycles. The van der Waals surface area contributed by atoms with Gasteiger partial charge in [-0.3, -0.25) is 0 Å². The van der Waals surface area contributed by atoms with Crippen molar-refractivity contribution in [3.8, 4) is 0 Å². The standard InChI is InChI=1S/C14H19Cl.C5H10/c1-9-10-5-7-12(14(2,3)4)11(10)6-8-13(9)15;1-2-5-3-4-5/h6,8,12H,5,7H2,1-4H3;5H,2-4H2,1H3/t12-;/m0./s1. The van der Waals surface area contributed by atoms with Gasteiger partial charge in [0.2, 0.25) is 0 Å². The first-order valence-corrected chi connectivity index (χ1v) is 8.50. The van der Waals surface area contributed by atoms with Crippen LogP contribution in [0.15, 0.2) is 12.1 Å². The van der Waals surface area contributed by atoms with E-state index in [0.29, 0.717) is 11.3 Å². The van der Waals surface area contributed by atoms with E-state index in [2.05, 4.69) is 46.8 Å². The third-order valence-electron chi connectivity index (χ3n) is 4.95. The molecule has 0 radical (unpaired) electrons. The Morgan fingerprint density at radius 3 is 2.25 bits per heavy atom. The van der Waals surface area contributed by atoms with Gasteiger partial charge in [-0.25, -0.2) is 0 Å². The van der Waals surface area contributed by atoms with Crippen molar-refractivity contribution in [1.29, 1.82) is 0 Å². The molecule has 1 saturated carbocycles. The SMILES string of the molecule is CCC1CC1.Cc1c(Cl)ccc2c1CC[C@@H]2C(C)(C)C. The van der Waals surface area contributed by atoms with Crippen LogP contribution >= 0.6 is 11.6 Å². The fraction of sp³-hybridized carbons (Fsp3) is 0.684. The van der Waals surface area contributed by atoms with Crippen molar-refractivity contribution < 1.29 is 0 Å². The zero-order valence-electron chi connectivity index (χ0n) is 13.7. The molecule has 1 atom stereocenters. The lowest BCUT2D eigenvalue weighted by molar-refractivity contribution is 0.319. The summed E-state index contributed by atoms with van der Waals surface area (Å²) in [7, 11) is 0. The van der Waals surface area contributed by atoms with E-state index >= 15 is 0 Å². The number of halogens is 1. The summed E-state index contributed by atoms with van der Waals surface area (Å²) in [6, 6.07) is 4.29. The van der Waals surface area contributed by atoms with E-state index in [1.807, 2.05) is 0 Å². The van der Waals surface area contributed by atoms with Gasteiger partial charge in [0.1, 0.15) is 0 Å². The summed E-state index contributed by atoms with van der Waals surface area (Å²) in [6.45, 7) is 11.4. The van der Waals surface area contributed by atoms with Crippen LogP contribution in [-0.4, -0.2) is 0 Å². The molecule has 0 spiro atoms. The Morgan fingerprint density at radius 2 is 1.80 bits per heavy atom. The normalized spacial score (nSPS) is 21.2. The molecule has 3 rings (SSSR count). The molecule has 0 N–H and O–H groups in total. The maximum atomic E-state index is 6.15. The van der Waals surface area contributed by atoms with E-state index in [0.717, 1.165) is 10.9 Å². The van der Waals surface area contributed by atoms with Crippen LogP contribution in [-0.2, 0) is 6.42 Å². The fourth-order valence-corrected chi connectivity index (χ4v) is 3.45. The molecule has 1 heteroatoms. The minimum Gasteiger partial charge on any atom is -0.0840 e. The predicted octanol–water partition coefficient (Wildman–Crippen LogP) is 6.53. The van der Waals surface area contributed by atoms with Crippen LogP contribution in [0.2, 0.25) is 5.02 Å². The van der Waals surface area contributed by atoms with E-state index in [4.69, 9.17) is 11.6 Å². The first kappa shape index (κ1) is 15.9. The van der Waals surface area contributed by atoms with Crippen LogP contribution in [0.3, 0.4) is 0 Å². The lowest BCUT2D eigenvalue weighted by Crippen LogP contribution is -2.15. The summed E-state index contributed by atoms with van der Waals surface area (Å²) in [5.74, 6) is 1.83. The van der Waals surface area contributed by atoms with E-state index < -0.39 is 0 Å². The monoisotopic (exact) mass is 292 g/mol. The first-order chi connectivity index (χ1) is 9.34. The molecule has 20 heavy (non-hydrogen) atoms. The second kappa shape index (κ2) is 6.10. The third kappa shape index (κ3) is 3.58. The van der Waals surface area contributed by atoms with Crippen molar-refractivity contribution >= 4 is 11.6 Å². The quantitative estimate of drug-likeness (QED) is 0.552. The summed E-state index contributed by atoms with van der Waals surface area (Å²) in [4.78, 5) is 0. The molecule has 0 amide bonds. The molecule has 1 aromatic carbocycles. The summed E-state index contributed by atoms with van der Waals surface area (Å²) in [5.41, 5.74) is 4.69. The van der Waals surface area contributed by atoms with Crippen LogP contribution in [0.4, 0.5) is 0 Å². The summed E-state index contributed by atoms with van der Waals surface area (Å²) >= 11 is 6.15. The third-order valence-corrected chi connectivity index (χ3v) is 5.36. The molecular weight excluding hydrogens is 264 g/mol. The average molecular weight is 293 g/mol. The highest BCUT2D eigenvalue weighted by atomic mass is 35.5. The molecule has 2 aliphatic carbocycles. The minimum absolute atomic E-state index is 0.367. The van der Waals surface area contributed by atoms with Crippen molar-refractivity contribution in [1.82, 2.24) is 0 Å². The molecule has 0 bridgehead atoms. The molecule has 2 aliphatic rings. The Balaban J connectivity index is 0.000000247. The van der Waals surface area contributed by atoms with Crippen LogP contribution < -0.4 is 0 Å². The van der Waals surface area contributed by atoms with Gasteiger partial charge in [0.25, 0.3) is 0 Å². The predicted molar refractivity (Wildman–Crippen MR) is 89.7 cm³/mol. The van der Waals surface area contributed by atoms with E-state index in [9.17, 15) is 0 Å². The fourth-order valence-electron chi connectivity index (χ4n) is 3.28. The topological polar surface area (TPSA) is 0 Å². The average Bonchev–Trinajstić information content (AvgIpc) is 3.11. The molecule has 112 valence electrons. The van der Waals surface area contributed by atoms with Crippen molar-refractivity contribution in [3.05, 3.63) is 33.8 Å². The molecule has 0 aliphatic heterocycles. The highest BCUT2D eigenvalue weighted by molar-refractivity contribution is 6.31. The van der Waals surface area contributed by atoms with Crippen LogP contribution in [0, 0.1) is 18.3 Å². The summed E-state index contributed by atoms with van der Waals surface area (Å²) < 4.78 is 0. The van der Waals surface area contributed by atoms with E-state index in [1.54, 1.807) is 0 Å². The molecule has 0 unspecified atom stereocenters. The van der Waals surface area contributed by atoms with Crippen molar-refractivity contribution in [2.75, 3.05) is 0 Å². The Labute approximate surface area is 129 Å². The van der Waals surface area contributed by atoms with Crippen LogP contribution in [0.5, 0.6) is 0 Å². The van der Waals surface area contributed by atoms with Gasteiger partial charge >= 0.3 is 0 Å². The van der Waals surface area contributed by atoms with Crippen molar-refractivity contribution in [2.24, 2.45) is 11.3 Å². The zero-order valence-corrected chi connectivity index (χ0v) is 14.5. The maximum Gasteiger partial charge on any atom is 0.0438 e. The van der Waals surface area contributed by atoms with Crippen LogP contribution in [0.25, 0.3) is 0 Å². The van der Waals surface area contributed by atoms with Crippen molar-refractivity contribution in [2.45, 2.75) is 72.6 Å². The van der Waals surface area contributed by atoms with Gasteiger partial charge in [-0.05, 0) is 59.8 Å². The number of hydrogen-bond donors (Lipinski definition) is 0. The zero-order chi connectivity index (χ0) is 14.9. The van der Waals surface area contributed by atoms with Crippen LogP contribution in [0.1, 0.15) is 76.0 Å². The van der Waals surface area contributed by atoms with Crippen molar-refractivity contribution in [3.63, 3.8) is 0 Å². The number of rotatable bonds is 1. The molecule has 0 nitrogen and oxygen atoms in total. The number of fused-ring (bicyclic) bond motifs is 1. The minimum atomic E-state index is 0.367. The van der Waals surface area contributed by atoms with Gasteiger partial charge in [0.15, 0.2) is 0 Å². The molecule has 0 saturated heterocycles. The van der Waals surface area contributed by atoms with Gasteiger partial charge < -0.3 is 0 Å². The second-order valence-corrected chi connectivity index (χ2v) is 7.96. The second-order valence-electron chi connectivity index (χ2n) is 7.55. The molecular formula is C19H29Cl. The summed E-state index contributed by atoms with van der Waals surface area (Å²) in [6.07, 6.45) is 6.91. The van der Waals surface area contributed by atoms with E-state index in [-0.39, 0.29) is 0 Å². The Kier molecular flexibility index (Phi) is 4.84. The lowest BCUT2D eigenvalue weighted by Gasteiger charge is -2.28. The largest absolute Gasteiger partial charge is 0.0840 e. The highest BCUT2D eigenvalue weighted by Crippen LogP contribution is 2.46. The van der Waals surface area contributed by atoms with Gasteiger partial charge in [0, 0.05) is 5.02 Å². The molecule has 1 aromatic rings. The Hall–Kier alpha value is -0.490. The number of hydrogen-bond acceptors (Lipinski definition) is 0. The maximum absolute atomic E-state index is 6.15. The smallest absolute Gasteiger partial charge is 0.0438 e. The van der Waals surface area contributed by atoms with Gasteiger partial charge in [-0.15, -0.1) is 0 Å². The van der Waals surface area contributed by atoms with Gasteiger partial charge in [-0.2, -0.15) is 0 Å². The molecule has 0 aromatic heterocycles. The number of benzene rings is 1. The lowest BCUT2D eigenvalue weighted by atomic mass is 9.77. The van der Waals surface area contributed by atoms with Gasteiger partial charge in [0.05, 0.1) is 0 Å². The highest BCUT2D eigenvalue weighted by Gasteiger charge is 2.33. The summed E-state index contributed by atoms with van der Waals surface area (Å²) in [5, 5.41) is 0.920.